The summed E-state index contributed by atoms with van der Waals surface area (Å²) in [5.74, 6) is 0.559. The van der Waals surface area contributed by atoms with Crippen molar-refractivity contribution >= 4 is 0 Å². The minimum atomic E-state index is -0.573. The van der Waals surface area contributed by atoms with Crippen LogP contribution in [0.2, 0.25) is 0 Å². The molecule has 1 heterocycles. The molecule has 4 nitrogen and oxygen atoms in total. The lowest BCUT2D eigenvalue weighted by molar-refractivity contribution is -0.297. The molecule has 0 amide bonds. The Hall–Kier alpha value is -0.160. The summed E-state index contributed by atoms with van der Waals surface area (Å²) in [5, 5.41) is 11.1. The molecule has 3 N–H and O–H groups in total. The first-order valence-electron chi connectivity index (χ1n) is 10.4. The second kappa shape index (κ2) is 4.63. The smallest absolute Gasteiger partial charge is 0.163 e. The fourth-order valence-corrected chi connectivity index (χ4v) is 8.69. The molecule has 142 valence electrons. The molecule has 5 aliphatic carbocycles. The minimum Gasteiger partial charge on any atom is -0.388 e. The molecular weight excluding hydrogens is 314 g/mol. The highest BCUT2D eigenvalue weighted by molar-refractivity contribution is 5.33. The fraction of sp³-hybridized carbons (Fsp3) is 1.00. The summed E-state index contributed by atoms with van der Waals surface area (Å²) >= 11 is 0. The van der Waals surface area contributed by atoms with E-state index in [0.717, 1.165) is 38.7 Å². The normalized spacial score (nSPS) is 62.2. The Morgan fingerprint density at radius 1 is 0.920 bits per heavy atom. The van der Waals surface area contributed by atoms with Gasteiger partial charge in [0.25, 0.3) is 0 Å². The molecule has 25 heavy (non-hydrogen) atoms. The van der Waals surface area contributed by atoms with E-state index >= 15 is 0 Å². The Morgan fingerprint density at radius 3 is 2.36 bits per heavy atom. The molecule has 6 aliphatic rings. The summed E-state index contributed by atoms with van der Waals surface area (Å²) in [6.45, 7) is 9.85. The third-order valence-electron chi connectivity index (χ3n) is 9.81. The molecule has 1 aliphatic heterocycles. The number of ether oxygens (including phenoxy) is 2. The van der Waals surface area contributed by atoms with Crippen LogP contribution in [0.15, 0.2) is 0 Å². The summed E-state index contributed by atoms with van der Waals surface area (Å²) in [6.07, 6.45) is 7.98. The van der Waals surface area contributed by atoms with Crippen molar-refractivity contribution in [3.05, 3.63) is 0 Å². The van der Waals surface area contributed by atoms with E-state index in [4.69, 9.17) is 15.2 Å². The Morgan fingerprint density at radius 2 is 1.64 bits per heavy atom. The third-order valence-corrected chi connectivity index (χ3v) is 9.81. The Bertz CT molecular complexity index is 608. The van der Waals surface area contributed by atoms with Crippen molar-refractivity contribution in [1.29, 1.82) is 0 Å². The maximum atomic E-state index is 11.1. The molecule has 8 atom stereocenters. The summed E-state index contributed by atoms with van der Waals surface area (Å²) in [6, 6.07) is -0.0302. The average Bonchev–Trinajstić information content (AvgIpc) is 2.95. The Labute approximate surface area is 151 Å². The van der Waals surface area contributed by atoms with Crippen molar-refractivity contribution in [3.8, 4) is 0 Å². The standard InChI is InChI=1S/C21H35NO3/c1-17(2)24-12-11-18(3)13-5-6-14-20(9-10-21(14,23)16(20)22)19(13,4)8-7-15(18)25-17/h13-16,23H,5-12,22H2,1-4H3/t13-,14+,15-,16?,18-,19-,20-,21?/m1/s1. The van der Waals surface area contributed by atoms with Gasteiger partial charge < -0.3 is 20.3 Å². The molecule has 6 rings (SSSR count). The molecule has 5 saturated carbocycles. The lowest BCUT2D eigenvalue weighted by Crippen LogP contribution is -2.79. The molecule has 0 aromatic heterocycles. The number of nitrogens with two attached hydrogens (primary N) is 1. The van der Waals surface area contributed by atoms with Crippen LogP contribution in [0.1, 0.15) is 72.6 Å². The second-order valence-electron chi connectivity index (χ2n) is 10.8. The highest BCUT2D eigenvalue weighted by Crippen LogP contribution is 2.80. The molecule has 2 unspecified atom stereocenters. The molecule has 0 radical (unpaired) electrons. The van der Waals surface area contributed by atoms with E-state index in [1.54, 1.807) is 0 Å². The first kappa shape index (κ1) is 17.0. The molecule has 2 bridgehead atoms. The molecule has 0 aromatic rings. The van der Waals surface area contributed by atoms with E-state index in [-0.39, 0.29) is 28.4 Å². The van der Waals surface area contributed by atoms with E-state index in [2.05, 4.69) is 27.7 Å². The molecular formula is C21H35NO3. The molecule has 1 spiro atoms. The van der Waals surface area contributed by atoms with Crippen molar-refractivity contribution in [2.24, 2.45) is 33.8 Å². The van der Waals surface area contributed by atoms with E-state index in [1.807, 2.05) is 0 Å². The molecule has 4 heteroatoms. The van der Waals surface area contributed by atoms with E-state index in [1.165, 1.54) is 12.8 Å². The van der Waals surface area contributed by atoms with Crippen LogP contribution in [0.25, 0.3) is 0 Å². The second-order valence-corrected chi connectivity index (χ2v) is 10.8. The van der Waals surface area contributed by atoms with Crippen LogP contribution in [-0.4, -0.2) is 35.2 Å². The number of rotatable bonds is 0. The lowest BCUT2D eigenvalue weighted by atomic mass is 9.33. The van der Waals surface area contributed by atoms with Crippen LogP contribution in [0.3, 0.4) is 0 Å². The first-order valence-corrected chi connectivity index (χ1v) is 10.4. The maximum absolute atomic E-state index is 11.1. The summed E-state index contributed by atoms with van der Waals surface area (Å²) in [7, 11) is 0. The van der Waals surface area contributed by atoms with Gasteiger partial charge in [0.15, 0.2) is 5.79 Å². The highest BCUT2D eigenvalue weighted by Gasteiger charge is 2.82. The SMILES string of the molecule is CC1(C)OCC[C@]2(C)[C@H]3CC[C@@H]4C5(O)CC[C@@]4(C5N)[C@]3(C)CC[C@H]2O1. The van der Waals surface area contributed by atoms with Crippen LogP contribution in [0.4, 0.5) is 0 Å². The maximum Gasteiger partial charge on any atom is 0.163 e. The van der Waals surface area contributed by atoms with Gasteiger partial charge in [0, 0.05) is 6.04 Å². The molecule has 0 aromatic carbocycles. The van der Waals surface area contributed by atoms with Crippen LogP contribution in [0, 0.1) is 28.1 Å². The number of hydrogen-bond acceptors (Lipinski definition) is 4. The monoisotopic (exact) mass is 349 g/mol. The van der Waals surface area contributed by atoms with Crippen molar-refractivity contribution < 1.29 is 14.6 Å². The first-order chi connectivity index (χ1) is 11.6. The molecule has 6 fully saturated rings. The van der Waals surface area contributed by atoms with Crippen LogP contribution in [-0.2, 0) is 9.47 Å². The number of aliphatic hydroxyl groups is 1. The number of fused-ring (bicyclic) bond motifs is 4. The predicted octanol–water partition coefficient (Wildman–Crippen LogP) is 3.21. The van der Waals surface area contributed by atoms with Gasteiger partial charge in [-0.25, -0.2) is 0 Å². The van der Waals surface area contributed by atoms with E-state index in [9.17, 15) is 5.11 Å². The molecule has 1 saturated heterocycles. The van der Waals surface area contributed by atoms with E-state index in [0.29, 0.717) is 11.8 Å². The zero-order valence-corrected chi connectivity index (χ0v) is 16.3. The van der Waals surface area contributed by atoms with Gasteiger partial charge >= 0.3 is 0 Å². The van der Waals surface area contributed by atoms with Gasteiger partial charge in [-0.3, -0.25) is 0 Å². The lowest BCUT2D eigenvalue weighted by Gasteiger charge is -2.73. The summed E-state index contributed by atoms with van der Waals surface area (Å²) in [4.78, 5) is 0. The summed E-state index contributed by atoms with van der Waals surface area (Å²) < 4.78 is 12.5. The van der Waals surface area contributed by atoms with Gasteiger partial charge in [-0.1, -0.05) is 13.8 Å². The van der Waals surface area contributed by atoms with Gasteiger partial charge in [0.1, 0.15) is 0 Å². The van der Waals surface area contributed by atoms with Gasteiger partial charge in [-0.15, -0.1) is 0 Å². The Balaban J connectivity index is 1.55. The highest BCUT2D eigenvalue weighted by atomic mass is 16.7. The van der Waals surface area contributed by atoms with Crippen molar-refractivity contribution in [2.45, 2.75) is 96.2 Å². The zero-order valence-electron chi connectivity index (χ0n) is 16.3. The van der Waals surface area contributed by atoms with Crippen molar-refractivity contribution in [1.82, 2.24) is 0 Å². The van der Waals surface area contributed by atoms with Gasteiger partial charge in [-0.05, 0) is 86.9 Å². The minimum absolute atomic E-state index is 0.0302. The van der Waals surface area contributed by atoms with Crippen molar-refractivity contribution in [2.75, 3.05) is 6.61 Å². The van der Waals surface area contributed by atoms with Crippen LogP contribution < -0.4 is 5.73 Å². The largest absolute Gasteiger partial charge is 0.388 e. The number of hydrogen-bond donors (Lipinski definition) is 2. The fourth-order valence-electron chi connectivity index (χ4n) is 8.69. The zero-order chi connectivity index (χ0) is 17.9. The quantitative estimate of drug-likeness (QED) is 0.705. The van der Waals surface area contributed by atoms with Crippen LogP contribution >= 0.6 is 0 Å². The average molecular weight is 350 g/mol. The van der Waals surface area contributed by atoms with Gasteiger partial charge in [-0.2, -0.15) is 0 Å². The van der Waals surface area contributed by atoms with Crippen LogP contribution in [0.5, 0.6) is 0 Å². The van der Waals surface area contributed by atoms with Crippen molar-refractivity contribution in [3.63, 3.8) is 0 Å². The van der Waals surface area contributed by atoms with Gasteiger partial charge in [0.05, 0.1) is 18.3 Å². The predicted molar refractivity (Wildman–Crippen MR) is 95.8 cm³/mol. The van der Waals surface area contributed by atoms with E-state index < -0.39 is 11.4 Å². The topological polar surface area (TPSA) is 64.7 Å². The summed E-state index contributed by atoms with van der Waals surface area (Å²) in [5.41, 5.74) is 6.63. The van der Waals surface area contributed by atoms with Gasteiger partial charge in [0.2, 0.25) is 0 Å². The Kier molecular flexibility index (Phi) is 3.14. The third kappa shape index (κ3) is 1.70.